The molecule has 2 aliphatic rings. The van der Waals surface area contributed by atoms with E-state index in [9.17, 15) is 19.5 Å². The van der Waals surface area contributed by atoms with Gasteiger partial charge in [0.15, 0.2) is 17.3 Å². The van der Waals surface area contributed by atoms with Crippen LogP contribution in [0.15, 0.2) is 24.3 Å². The summed E-state index contributed by atoms with van der Waals surface area (Å²) in [6.07, 6.45) is 1.04. The van der Waals surface area contributed by atoms with Crippen molar-refractivity contribution in [3.63, 3.8) is 0 Å². The zero-order valence-corrected chi connectivity index (χ0v) is 13.9. The third kappa shape index (κ3) is 2.05. The van der Waals surface area contributed by atoms with Gasteiger partial charge in [-0.2, -0.15) is 0 Å². The first-order chi connectivity index (χ1) is 11.9. The maximum atomic E-state index is 13.1. The number of fused-ring (bicyclic) bond motifs is 4. The summed E-state index contributed by atoms with van der Waals surface area (Å²) in [5.41, 5.74) is 1.41. The average molecular weight is 336 g/mol. The number of hydrogen-bond acceptors (Lipinski definition) is 5. The smallest absolute Gasteiger partial charge is 0.199 e. The first kappa shape index (κ1) is 15.6. The lowest BCUT2D eigenvalue weighted by Crippen LogP contribution is -2.28. The molecule has 0 spiro atoms. The summed E-state index contributed by atoms with van der Waals surface area (Å²) in [6.45, 7) is 1.99. The number of ketones is 3. The zero-order valence-electron chi connectivity index (χ0n) is 13.9. The summed E-state index contributed by atoms with van der Waals surface area (Å²) < 4.78 is 5.20. The van der Waals surface area contributed by atoms with Crippen molar-refractivity contribution in [3.05, 3.63) is 57.6 Å². The van der Waals surface area contributed by atoms with Crippen molar-refractivity contribution in [2.75, 3.05) is 7.11 Å². The van der Waals surface area contributed by atoms with Crippen LogP contribution in [0, 0.1) is 5.92 Å². The van der Waals surface area contributed by atoms with E-state index in [2.05, 4.69) is 0 Å². The van der Waals surface area contributed by atoms with E-state index < -0.39 is 11.6 Å². The van der Waals surface area contributed by atoms with Crippen LogP contribution >= 0.6 is 0 Å². The van der Waals surface area contributed by atoms with Gasteiger partial charge < -0.3 is 9.84 Å². The number of carbonyl (C=O) groups is 3. The van der Waals surface area contributed by atoms with Crippen molar-refractivity contribution in [3.8, 4) is 11.5 Å². The molecule has 2 aromatic rings. The van der Waals surface area contributed by atoms with Gasteiger partial charge in [-0.3, -0.25) is 14.4 Å². The van der Waals surface area contributed by atoms with Crippen LogP contribution in [0.2, 0.25) is 0 Å². The second-order valence-corrected chi connectivity index (χ2v) is 6.65. The Morgan fingerprint density at radius 1 is 0.920 bits per heavy atom. The molecule has 0 heterocycles. The number of phenols is 1. The van der Waals surface area contributed by atoms with Gasteiger partial charge in [0.1, 0.15) is 11.5 Å². The van der Waals surface area contributed by atoms with E-state index >= 15 is 0 Å². The Hall–Kier alpha value is -2.95. The first-order valence-corrected chi connectivity index (χ1v) is 8.12. The average Bonchev–Trinajstić information content (AvgIpc) is 2.58. The summed E-state index contributed by atoms with van der Waals surface area (Å²) >= 11 is 0. The number of phenolic OH excluding ortho intramolecular Hbond substituents is 1. The lowest BCUT2D eigenvalue weighted by molar-refractivity contribution is 0.0934. The largest absolute Gasteiger partial charge is 0.507 e. The molecular weight excluding hydrogens is 320 g/mol. The maximum Gasteiger partial charge on any atom is 0.199 e. The Labute approximate surface area is 144 Å². The van der Waals surface area contributed by atoms with E-state index in [-0.39, 0.29) is 45.5 Å². The summed E-state index contributed by atoms with van der Waals surface area (Å²) in [6, 6.07) is 6.14. The quantitative estimate of drug-likeness (QED) is 0.739. The molecule has 0 saturated heterocycles. The van der Waals surface area contributed by atoms with Crippen LogP contribution < -0.4 is 4.74 Å². The lowest BCUT2D eigenvalue weighted by atomic mass is 9.74. The van der Waals surface area contributed by atoms with E-state index in [0.29, 0.717) is 18.4 Å². The molecular formula is C20H16O5. The van der Waals surface area contributed by atoms with Crippen LogP contribution in [0.1, 0.15) is 61.1 Å². The molecule has 0 unspecified atom stereocenters. The molecule has 5 heteroatoms. The van der Waals surface area contributed by atoms with Gasteiger partial charge >= 0.3 is 0 Å². The molecule has 5 nitrogen and oxygen atoms in total. The van der Waals surface area contributed by atoms with Gasteiger partial charge in [-0.1, -0.05) is 13.0 Å². The zero-order chi connectivity index (χ0) is 17.9. The molecule has 25 heavy (non-hydrogen) atoms. The Balaban J connectivity index is 2.04. The van der Waals surface area contributed by atoms with Gasteiger partial charge in [0.25, 0.3) is 0 Å². The second-order valence-electron chi connectivity index (χ2n) is 6.65. The van der Waals surface area contributed by atoms with Gasteiger partial charge in [-0.25, -0.2) is 0 Å². The van der Waals surface area contributed by atoms with Gasteiger partial charge in [-0.05, 0) is 36.1 Å². The molecule has 4 rings (SSSR count). The highest BCUT2D eigenvalue weighted by atomic mass is 16.5. The van der Waals surface area contributed by atoms with Crippen molar-refractivity contribution >= 4 is 17.3 Å². The highest BCUT2D eigenvalue weighted by Crippen LogP contribution is 2.41. The van der Waals surface area contributed by atoms with Crippen LogP contribution in [-0.2, 0) is 6.42 Å². The van der Waals surface area contributed by atoms with Crippen molar-refractivity contribution < 1.29 is 24.2 Å². The molecule has 0 fully saturated rings. The van der Waals surface area contributed by atoms with Crippen molar-refractivity contribution in [1.29, 1.82) is 0 Å². The molecule has 0 aromatic heterocycles. The fourth-order valence-electron chi connectivity index (χ4n) is 3.88. The minimum absolute atomic E-state index is 0.0524. The van der Waals surface area contributed by atoms with Crippen LogP contribution in [0.3, 0.4) is 0 Å². The Morgan fingerprint density at radius 3 is 2.40 bits per heavy atom. The van der Waals surface area contributed by atoms with Gasteiger partial charge in [0, 0.05) is 23.1 Å². The third-order valence-corrected chi connectivity index (χ3v) is 4.96. The molecule has 1 N–H and O–H groups in total. The number of carbonyl (C=O) groups excluding carboxylic acids is 3. The van der Waals surface area contributed by atoms with E-state index in [1.807, 2.05) is 6.92 Å². The molecule has 0 saturated carbocycles. The van der Waals surface area contributed by atoms with E-state index in [1.165, 1.54) is 19.2 Å². The van der Waals surface area contributed by atoms with E-state index in [0.717, 1.165) is 5.56 Å². The van der Waals surface area contributed by atoms with Crippen LogP contribution in [-0.4, -0.2) is 29.6 Å². The van der Waals surface area contributed by atoms with Crippen LogP contribution in [0.5, 0.6) is 11.5 Å². The summed E-state index contributed by atoms with van der Waals surface area (Å²) in [5.74, 6) is -0.887. The fourth-order valence-corrected chi connectivity index (χ4v) is 3.88. The SMILES string of the molecule is COc1ccc(O)c2c1C(=O)c1ccc3c(c1C2=O)C(=O)C[C@@H](C)C3. The normalized spacial score (nSPS) is 18.5. The van der Waals surface area contributed by atoms with Gasteiger partial charge in [-0.15, -0.1) is 0 Å². The number of methoxy groups -OCH3 is 1. The molecule has 1 atom stereocenters. The molecule has 0 aliphatic heterocycles. The first-order valence-electron chi connectivity index (χ1n) is 8.12. The van der Waals surface area contributed by atoms with Crippen molar-refractivity contribution in [1.82, 2.24) is 0 Å². The topological polar surface area (TPSA) is 80.7 Å². The predicted octanol–water partition coefficient (Wildman–Crippen LogP) is 2.94. The molecule has 2 aromatic carbocycles. The van der Waals surface area contributed by atoms with Gasteiger partial charge in [0.2, 0.25) is 0 Å². The highest BCUT2D eigenvalue weighted by Gasteiger charge is 2.39. The standard InChI is InChI=1S/C20H16O5/c1-9-7-10-3-4-11-16(15(10)13(22)8-9)20(24)17-12(21)5-6-14(25-2)18(17)19(11)23/h3-6,9,21H,7-8H2,1-2H3/t9-/m0/s1. The van der Waals surface area contributed by atoms with Crippen LogP contribution in [0.25, 0.3) is 0 Å². The number of benzene rings is 2. The lowest BCUT2D eigenvalue weighted by Gasteiger charge is -2.27. The fraction of sp³-hybridized carbons (Fsp3) is 0.250. The number of hydrogen-bond donors (Lipinski definition) is 1. The summed E-state index contributed by atoms with van der Waals surface area (Å²) in [5, 5.41) is 10.2. The monoisotopic (exact) mass is 336 g/mol. The Bertz CT molecular complexity index is 971. The van der Waals surface area contributed by atoms with E-state index in [4.69, 9.17) is 4.74 Å². The minimum Gasteiger partial charge on any atom is -0.507 e. The molecule has 0 amide bonds. The summed E-state index contributed by atoms with van der Waals surface area (Å²) in [4.78, 5) is 38.7. The Morgan fingerprint density at radius 2 is 1.68 bits per heavy atom. The predicted molar refractivity (Wildman–Crippen MR) is 89.8 cm³/mol. The highest BCUT2D eigenvalue weighted by molar-refractivity contribution is 6.32. The second kappa shape index (κ2) is 5.28. The number of Topliss-reactive ketones (excluding diaryl/α,β-unsaturated/α-hetero) is 1. The molecule has 0 radical (unpaired) electrons. The Kier molecular flexibility index (Phi) is 3.29. The molecule has 0 bridgehead atoms. The van der Waals surface area contributed by atoms with Crippen molar-refractivity contribution in [2.45, 2.75) is 19.8 Å². The molecule has 2 aliphatic carbocycles. The van der Waals surface area contributed by atoms with Crippen molar-refractivity contribution in [2.24, 2.45) is 5.92 Å². The third-order valence-electron chi connectivity index (χ3n) is 4.96. The summed E-state index contributed by atoms with van der Waals surface area (Å²) in [7, 11) is 1.40. The number of rotatable bonds is 1. The molecule has 126 valence electrons. The number of ether oxygens (including phenoxy) is 1. The van der Waals surface area contributed by atoms with E-state index in [1.54, 1.807) is 12.1 Å². The maximum absolute atomic E-state index is 13.1. The van der Waals surface area contributed by atoms with Crippen LogP contribution in [0.4, 0.5) is 0 Å². The van der Waals surface area contributed by atoms with Gasteiger partial charge in [0.05, 0.1) is 18.2 Å². The number of aromatic hydroxyl groups is 1. The minimum atomic E-state index is -0.499.